The number of hydrogen-bond acceptors (Lipinski definition) is 4. The zero-order valence-corrected chi connectivity index (χ0v) is 15.0. The highest BCUT2D eigenvalue weighted by molar-refractivity contribution is 6.74. The van der Waals surface area contributed by atoms with Crippen LogP contribution in [0.5, 0.6) is 0 Å². The average molecular weight is 323 g/mol. The maximum Gasteiger partial charge on any atom is 0.344 e. The van der Waals surface area contributed by atoms with Crippen molar-refractivity contribution in [2.45, 2.75) is 51.1 Å². The summed E-state index contributed by atoms with van der Waals surface area (Å²) in [6, 6.07) is 2.25. The van der Waals surface area contributed by atoms with Crippen molar-refractivity contribution in [3.8, 4) is 6.07 Å². The monoisotopic (exact) mass is 323 g/mol. The van der Waals surface area contributed by atoms with Crippen LogP contribution in [0.15, 0.2) is 25.3 Å². The molecule has 22 heavy (non-hydrogen) atoms. The molecule has 0 saturated carbocycles. The molecule has 1 fully saturated rings. The average Bonchev–Trinajstić information content (AvgIpc) is 2.71. The second-order valence-corrected chi connectivity index (χ2v) is 11.8. The first-order valence-electron chi connectivity index (χ1n) is 7.30. The molecule has 5 nitrogen and oxygen atoms in total. The Bertz CT molecular complexity index is 512. The minimum absolute atomic E-state index is 0.00243. The van der Waals surface area contributed by atoms with Gasteiger partial charge in [-0.05, 0) is 18.1 Å². The first kappa shape index (κ1) is 18.5. The Morgan fingerprint density at radius 2 is 2.05 bits per heavy atom. The Labute approximate surface area is 133 Å². The minimum Gasteiger partial charge on any atom is -0.498 e. The molecule has 0 amide bonds. The van der Waals surface area contributed by atoms with Crippen molar-refractivity contribution < 1.29 is 14.0 Å². The number of carbonyl (C=O) groups excluding carboxylic acids is 1. The highest BCUT2D eigenvalue weighted by atomic mass is 28.4. The minimum atomic E-state index is -2.09. The lowest BCUT2D eigenvalue weighted by atomic mass is 9.86. The maximum absolute atomic E-state index is 12.2. The van der Waals surface area contributed by atoms with Crippen LogP contribution in [0.1, 0.15) is 20.8 Å². The van der Waals surface area contributed by atoms with Crippen molar-refractivity contribution in [3.63, 3.8) is 0 Å². The predicted octanol–water partition coefficient (Wildman–Crippen LogP) is 3.74. The molecule has 0 aromatic carbocycles. The Balaban J connectivity index is 3.08. The van der Waals surface area contributed by atoms with Crippen molar-refractivity contribution >= 4 is 14.3 Å². The zero-order valence-electron chi connectivity index (χ0n) is 14.0. The highest BCUT2D eigenvalue weighted by Crippen LogP contribution is 2.41. The van der Waals surface area contributed by atoms with Gasteiger partial charge in [0.2, 0.25) is 6.10 Å². The summed E-state index contributed by atoms with van der Waals surface area (Å²) in [6.07, 6.45) is 1.91. The normalized spacial score (nSPS) is 26.6. The molecule has 122 valence electrons. The maximum atomic E-state index is 12.2. The van der Waals surface area contributed by atoms with Crippen LogP contribution in [0.2, 0.25) is 18.1 Å². The molecular formula is C16H25NO4Si. The molecule has 0 bridgehead atoms. The molecular weight excluding hydrogens is 298 g/mol. The second kappa shape index (κ2) is 6.67. The van der Waals surface area contributed by atoms with Crippen LogP contribution in [0.3, 0.4) is 0 Å². The largest absolute Gasteiger partial charge is 0.498 e. The van der Waals surface area contributed by atoms with Gasteiger partial charge in [0, 0.05) is 10.9 Å². The van der Waals surface area contributed by atoms with Gasteiger partial charge in [-0.1, -0.05) is 32.9 Å². The fraction of sp³-hybridized carbons (Fsp3) is 0.625. The summed E-state index contributed by atoms with van der Waals surface area (Å²) in [5.74, 6) is -1.42. The summed E-state index contributed by atoms with van der Waals surface area (Å²) < 4.78 is 11.5. The van der Waals surface area contributed by atoms with E-state index in [1.165, 1.54) is 0 Å². The lowest BCUT2D eigenvalue weighted by Crippen LogP contribution is -2.46. The first-order chi connectivity index (χ1) is 10.1. The van der Waals surface area contributed by atoms with Crippen LogP contribution in [-0.4, -0.2) is 26.5 Å². The molecule has 0 aromatic rings. The quantitative estimate of drug-likeness (QED) is 0.335. The van der Waals surface area contributed by atoms with Gasteiger partial charge in [-0.15, -0.1) is 13.2 Å². The van der Waals surface area contributed by atoms with E-state index in [1.54, 1.807) is 12.2 Å². The molecule has 4 atom stereocenters. The molecule has 0 aliphatic carbocycles. The summed E-state index contributed by atoms with van der Waals surface area (Å²) in [5.41, 5.74) is 0. The molecule has 0 spiro atoms. The van der Waals surface area contributed by atoms with E-state index in [4.69, 9.17) is 9.16 Å². The number of hydrogen-bond donors (Lipinski definition) is 0. The Kier molecular flexibility index (Phi) is 5.60. The van der Waals surface area contributed by atoms with Gasteiger partial charge in [0.05, 0.1) is 12.0 Å². The molecule has 0 N–H and O–H groups in total. The van der Waals surface area contributed by atoms with Gasteiger partial charge in [0.25, 0.3) is 0 Å². The van der Waals surface area contributed by atoms with E-state index in [0.29, 0.717) is 0 Å². The second-order valence-electron chi connectivity index (χ2n) is 7.00. The van der Waals surface area contributed by atoms with E-state index < -0.39 is 38.3 Å². The molecule has 0 radical (unpaired) electrons. The van der Waals surface area contributed by atoms with E-state index in [0.717, 1.165) is 0 Å². The van der Waals surface area contributed by atoms with E-state index >= 15 is 0 Å². The van der Waals surface area contributed by atoms with Gasteiger partial charge in [-0.25, -0.2) is 0 Å². The lowest BCUT2D eigenvalue weighted by molar-refractivity contribution is -0.144. The van der Waals surface area contributed by atoms with E-state index in [9.17, 15) is 10.0 Å². The molecule has 6 heteroatoms. The van der Waals surface area contributed by atoms with Crippen LogP contribution in [-0.2, 0) is 14.0 Å². The SMILES string of the molecule is C=C[C@@H]1[C@@H]([C@@H](C=C)O[Si](C)(C)C(C)(C)C)C(=O)O[C@H]1C#[N+][O-]. The molecule has 1 aliphatic rings. The third-order valence-electron chi connectivity index (χ3n) is 4.55. The predicted molar refractivity (Wildman–Crippen MR) is 89.9 cm³/mol. The summed E-state index contributed by atoms with van der Waals surface area (Å²) in [4.78, 5) is 12.2. The van der Waals surface area contributed by atoms with E-state index in [1.807, 2.05) is 0 Å². The standard InChI is InChI=1S/C16H25NO4Si/c1-8-11-13(10-17-19)20-15(18)14(11)12(9-2)21-22(6,7)16(3,4)5/h8-9,11-14H,1-2H2,3-7H3/t11-,12+,13-,14-/m0/s1. The number of esters is 1. The molecule has 1 aliphatic heterocycles. The van der Waals surface area contributed by atoms with Crippen molar-refractivity contribution in [2.24, 2.45) is 11.8 Å². The lowest BCUT2D eigenvalue weighted by Gasteiger charge is -2.39. The molecule has 1 heterocycles. The fourth-order valence-electron chi connectivity index (χ4n) is 2.20. The van der Waals surface area contributed by atoms with Crippen molar-refractivity contribution in [1.29, 1.82) is 0 Å². The highest BCUT2D eigenvalue weighted by Gasteiger charge is 2.51. The summed E-state index contributed by atoms with van der Waals surface area (Å²) in [6.45, 7) is 18.1. The van der Waals surface area contributed by atoms with Gasteiger partial charge in [-0.2, -0.15) is 0 Å². The first-order valence-corrected chi connectivity index (χ1v) is 10.2. The van der Waals surface area contributed by atoms with Crippen LogP contribution in [0, 0.1) is 23.1 Å². The third kappa shape index (κ3) is 3.60. The summed E-state index contributed by atoms with van der Waals surface area (Å²) >= 11 is 0. The van der Waals surface area contributed by atoms with Crippen molar-refractivity contribution in [1.82, 2.24) is 0 Å². The number of cyclic esters (lactones) is 1. The number of ether oxygens (including phenoxy) is 1. The Morgan fingerprint density at radius 3 is 2.45 bits per heavy atom. The Morgan fingerprint density at radius 1 is 1.45 bits per heavy atom. The van der Waals surface area contributed by atoms with Crippen LogP contribution >= 0.6 is 0 Å². The molecule has 1 rings (SSSR count). The number of rotatable bonds is 5. The molecule has 0 unspecified atom stereocenters. The smallest absolute Gasteiger partial charge is 0.344 e. The van der Waals surface area contributed by atoms with Gasteiger partial charge in [0.15, 0.2) is 8.32 Å². The summed E-state index contributed by atoms with van der Waals surface area (Å²) in [5, 5.41) is 13.0. The van der Waals surface area contributed by atoms with Crippen LogP contribution in [0.25, 0.3) is 5.01 Å². The van der Waals surface area contributed by atoms with E-state index in [-0.39, 0.29) is 5.04 Å². The van der Waals surface area contributed by atoms with Crippen LogP contribution < -0.4 is 0 Å². The van der Waals surface area contributed by atoms with Gasteiger partial charge >= 0.3 is 12.0 Å². The number of carbonyl (C=O) groups is 1. The topological polar surface area (TPSA) is 63.0 Å². The Hall–Kier alpha value is -1.58. The summed E-state index contributed by atoms with van der Waals surface area (Å²) in [7, 11) is -2.09. The molecule has 0 aromatic heterocycles. The van der Waals surface area contributed by atoms with Crippen LogP contribution in [0.4, 0.5) is 0 Å². The molecule has 1 saturated heterocycles. The van der Waals surface area contributed by atoms with Gasteiger partial charge in [-0.3, -0.25) is 4.79 Å². The van der Waals surface area contributed by atoms with E-state index in [2.05, 4.69) is 58.1 Å². The van der Waals surface area contributed by atoms with Gasteiger partial charge < -0.3 is 14.4 Å². The van der Waals surface area contributed by atoms with Gasteiger partial charge in [0.1, 0.15) is 0 Å². The zero-order chi connectivity index (χ0) is 17.1. The fourth-order valence-corrected chi connectivity index (χ4v) is 3.48. The van der Waals surface area contributed by atoms with Crippen molar-refractivity contribution in [2.75, 3.05) is 0 Å². The van der Waals surface area contributed by atoms with Crippen molar-refractivity contribution in [3.05, 3.63) is 35.5 Å². The third-order valence-corrected chi connectivity index (χ3v) is 9.03. The number of nitrogens with zero attached hydrogens (tertiary/aromatic N) is 1.